The lowest BCUT2D eigenvalue weighted by Crippen LogP contribution is -1.98. The molecule has 0 nitrogen and oxygen atoms in total. The third kappa shape index (κ3) is 3.45. The van der Waals surface area contributed by atoms with E-state index >= 15 is 0 Å². The second-order valence-electron chi connectivity index (χ2n) is 3.82. The van der Waals surface area contributed by atoms with Gasteiger partial charge in [0, 0.05) is 19.5 Å². The highest BCUT2D eigenvalue weighted by molar-refractivity contribution is 9.10. The molecule has 2 aromatic rings. The van der Waals surface area contributed by atoms with Gasteiger partial charge >= 0.3 is 0 Å². The van der Waals surface area contributed by atoms with Crippen LogP contribution in [-0.4, -0.2) is 0 Å². The summed E-state index contributed by atoms with van der Waals surface area (Å²) in [6.45, 7) is 0. The first-order chi connectivity index (χ1) is 8.90. The van der Waals surface area contributed by atoms with Crippen molar-refractivity contribution in [3.63, 3.8) is 0 Å². The Morgan fingerprint density at radius 3 is 2.26 bits per heavy atom. The van der Waals surface area contributed by atoms with E-state index in [0.29, 0.717) is 25.6 Å². The summed E-state index contributed by atoms with van der Waals surface area (Å²) >= 11 is 24.9. The molecule has 0 saturated heterocycles. The first-order valence-corrected chi connectivity index (χ1v) is 7.91. The monoisotopic (exact) mass is 444 g/mol. The average Bonchev–Trinajstić information content (AvgIpc) is 2.33. The average molecular weight is 447 g/mol. The summed E-state index contributed by atoms with van der Waals surface area (Å²) in [5, 5.41) is 0.161. The van der Waals surface area contributed by atoms with Gasteiger partial charge in [-0.3, -0.25) is 0 Å². The van der Waals surface area contributed by atoms with Gasteiger partial charge in [0.2, 0.25) is 0 Å². The molecule has 0 heterocycles. The number of hydrogen-bond acceptors (Lipinski definition) is 0. The third-order valence-corrected chi connectivity index (χ3v) is 5.04. The third-order valence-electron chi connectivity index (χ3n) is 2.55. The maximum Gasteiger partial charge on any atom is 0.129 e. The fourth-order valence-electron chi connectivity index (χ4n) is 1.61. The summed E-state index contributed by atoms with van der Waals surface area (Å²) in [6.07, 6.45) is 0. The van der Waals surface area contributed by atoms with Gasteiger partial charge < -0.3 is 0 Å². The summed E-state index contributed by atoms with van der Waals surface area (Å²) in [5.74, 6) is -0.435. The lowest BCUT2D eigenvalue weighted by Gasteiger charge is -2.14. The van der Waals surface area contributed by atoms with Gasteiger partial charge in [0.25, 0.3) is 0 Å². The minimum absolute atomic E-state index is 0.291. The fourth-order valence-corrected chi connectivity index (χ4v) is 3.29. The van der Waals surface area contributed by atoms with Crippen molar-refractivity contribution in [3.8, 4) is 0 Å². The predicted molar refractivity (Wildman–Crippen MR) is 86.0 cm³/mol. The molecule has 0 saturated carbocycles. The zero-order valence-electron chi connectivity index (χ0n) is 9.23. The molecule has 1 atom stereocenters. The summed E-state index contributed by atoms with van der Waals surface area (Å²) < 4.78 is 15.3. The second-order valence-corrected chi connectivity index (χ2v) is 6.84. The molecule has 0 radical (unpaired) electrons. The highest BCUT2D eigenvalue weighted by atomic mass is 79.9. The van der Waals surface area contributed by atoms with Crippen LogP contribution in [-0.2, 0) is 0 Å². The summed E-state index contributed by atoms with van der Waals surface area (Å²) in [4.78, 5) is 0. The maximum atomic E-state index is 14.0. The maximum absolute atomic E-state index is 14.0. The fraction of sp³-hybridized carbons (Fsp3) is 0.0769. The van der Waals surface area contributed by atoms with Crippen molar-refractivity contribution < 1.29 is 4.39 Å². The highest BCUT2D eigenvalue weighted by Gasteiger charge is 2.19. The molecule has 0 aliphatic heterocycles. The zero-order chi connectivity index (χ0) is 14.2. The largest absolute Gasteiger partial charge is 0.207 e. The van der Waals surface area contributed by atoms with E-state index in [0.717, 1.165) is 4.47 Å². The molecule has 0 spiro atoms. The molecule has 0 amide bonds. The minimum atomic E-state index is -0.703. The second kappa shape index (κ2) is 6.31. The molecule has 0 N–H and O–H groups in total. The molecule has 6 heteroatoms. The van der Waals surface area contributed by atoms with Crippen LogP contribution in [0.3, 0.4) is 0 Å². The summed E-state index contributed by atoms with van der Waals surface area (Å²) in [7, 11) is 0. The molecule has 0 aromatic heterocycles. The van der Waals surface area contributed by atoms with Crippen LogP contribution in [0.2, 0.25) is 10.0 Å². The molecule has 100 valence electrons. The molecular weight excluding hydrogens is 441 g/mol. The van der Waals surface area contributed by atoms with E-state index in [1.165, 1.54) is 12.1 Å². The van der Waals surface area contributed by atoms with Gasteiger partial charge in [0.15, 0.2) is 0 Å². The van der Waals surface area contributed by atoms with E-state index in [4.69, 9.17) is 34.8 Å². The number of hydrogen-bond donors (Lipinski definition) is 0. The molecule has 0 aliphatic carbocycles. The highest BCUT2D eigenvalue weighted by Crippen LogP contribution is 2.38. The zero-order valence-corrected chi connectivity index (χ0v) is 14.7. The van der Waals surface area contributed by atoms with E-state index < -0.39 is 11.2 Å². The van der Waals surface area contributed by atoms with Crippen molar-refractivity contribution in [2.24, 2.45) is 0 Å². The van der Waals surface area contributed by atoms with Crippen LogP contribution in [0, 0.1) is 5.82 Å². The number of alkyl halides is 1. The lowest BCUT2D eigenvalue weighted by atomic mass is 10.0. The molecule has 0 bridgehead atoms. The minimum Gasteiger partial charge on any atom is -0.207 e. The van der Waals surface area contributed by atoms with Gasteiger partial charge in [0.05, 0.1) is 10.4 Å². The predicted octanol–water partition coefficient (Wildman–Crippen LogP) is 6.99. The Balaban J connectivity index is 2.49. The van der Waals surface area contributed by atoms with Crippen molar-refractivity contribution in [1.82, 2.24) is 0 Å². The Kier molecular flexibility index (Phi) is 5.18. The Morgan fingerprint density at radius 2 is 1.63 bits per heavy atom. The molecule has 2 rings (SSSR count). The Hall–Kier alpha value is 0.200. The summed E-state index contributed by atoms with van der Waals surface area (Å²) in [5.41, 5.74) is 0.919. The van der Waals surface area contributed by atoms with Crippen molar-refractivity contribution in [2.75, 3.05) is 0 Å². The van der Waals surface area contributed by atoms with Crippen LogP contribution >= 0.6 is 66.7 Å². The van der Waals surface area contributed by atoms with Crippen molar-refractivity contribution in [3.05, 3.63) is 66.3 Å². The topological polar surface area (TPSA) is 0 Å². The smallest absolute Gasteiger partial charge is 0.129 e. The normalized spacial score (nSPS) is 12.5. The van der Waals surface area contributed by atoms with E-state index in [9.17, 15) is 4.39 Å². The molecule has 0 fully saturated rings. The molecular formula is C13H6Br2Cl3F. The van der Waals surface area contributed by atoms with Gasteiger partial charge in [-0.15, -0.1) is 11.6 Å². The first-order valence-electron chi connectivity index (χ1n) is 5.13. The van der Waals surface area contributed by atoms with Gasteiger partial charge in [-0.2, -0.15) is 0 Å². The summed E-state index contributed by atoms with van der Waals surface area (Å²) in [6, 6.07) is 8.05. The SMILES string of the molecule is Fc1cc(Br)c(Cl)cc1C(Cl)c1ccc(Br)cc1Cl. The Labute approximate surface area is 142 Å². The van der Waals surface area contributed by atoms with Crippen LogP contribution in [0.1, 0.15) is 16.5 Å². The quantitative estimate of drug-likeness (QED) is 0.344. The van der Waals surface area contributed by atoms with Crippen LogP contribution in [0.5, 0.6) is 0 Å². The van der Waals surface area contributed by atoms with E-state index in [-0.39, 0.29) is 0 Å². The van der Waals surface area contributed by atoms with E-state index in [2.05, 4.69) is 31.9 Å². The van der Waals surface area contributed by atoms with Crippen LogP contribution in [0.25, 0.3) is 0 Å². The van der Waals surface area contributed by atoms with Crippen LogP contribution < -0.4 is 0 Å². The van der Waals surface area contributed by atoms with Crippen LogP contribution in [0.4, 0.5) is 4.39 Å². The van der Waals surface area contributed by atoms with Gasteiger partial charge in [-0.05, 0) is 45.8 Å². The van der Waals surface area contributed by atoms with E-state index in [1.807, 2.05) is 0 Å². The number of benzene rings is 2. The van der Waals surface area contributed by atoms with Gasteiger partial charge in [-0.1, -0.05) is 45.2 Å². The Morgan fingerprint density at radius 1 is 0.947 bits per heavy atom. The molecule has 19 heavy (non-hydrogen) atoms. The number of halogens is 6. The van der Waals surface area contributed by atoms with Gasteiger partial charge in [-0.25, -0.2) is 4.39 Å². The standard InChI is InChI=1S/C13H6Br2Cl3F/c14-6-1-2-7(10(16)3-6)13(18)8-4-11(17)9(15)5-12(8)19/h1-5,13H. The Bertz CT molecular complexity index is 632. The first kappa shape index (κ1) is 15.6. The van der Waals surface area contributed by atoms with E-state index in [1.54, 1.807) is 18.2 Å². The van der Waals surface area contributed by atoms with Crippen molar-refractivity contribution in [1.29, 1.82) is 0 Å². The van der Waals surface area contributed by atoms with Gasteiger partial charge in [0.1, 0.15) is 5.82 Å². The number of rotatable bonds is 2. The van der Waals surface area contributed by atoms with Crippen molar-refractivity contribution >= 4 is 66.7 Å². The van der Waals surface area contributed by atoms with Crippen LogP contribution in [0.15, 0.2) is 39.3 Å². The molecule has 0 aliphatic rings. The van der Waals surface area contributed by atoms with Crippen molar-refractivity contribution in [2.45, 2.75) is 5.38 Å². The molecule has 1 unspecified atom stereocenters. The lowest BCUT2D eigenvalue weighted by molar-refractivity contribution is 0.611. The molecule has 2 aromatic carbocycles.